The summed E-state index contributed by atoms with van der Waals surface area (Å²) >= 11 is 0. The largest absolute Gasteiger partial charge is 0.394 e. The van der Waals surface area contributed by atoms with Gasteiger partial charge in [0.25, 0.3) is 0 Å². The van der Waals surface area contributed by atoms with Gasteiger partial charge in [0.1, 0.15) is 30.3 Å². The molecule has 4 aromatic rings. The maximum Gasteiger partial charge on any atom is 0.167 e. The minimum absolute atomic E-state index is 0.396. The molecular weight excluding hydrogens is 390 g/mol. The van der Waals surface area contributed by atoms with Gasteiger partial charge in [0, 0.05) is 31.1 Å². The van der Waals surface area contributed by atoms with Gasteiger partial charge in [-0.3, -0.25) is 4.57 Å². The Kier molecular flexibility index (Phi) is 4.79. The van der Waals surface area contributed by atoms with Crippen molar-refractivity contribution in [1.29, 1.82) is 0 Å². The fourth-order valence-electron chi connectivity index (χ4n) is 3.76. The minimum atomic E-state index is -1.21. The highest BCUT2D eigenvalue weighted by molar-refractivity contribution is 5.82. The van der Waals surface area contributed by atoms with Crippen LogP contribution in [0.4, 0.5) is 5.82 Å². The lowest BCUT2D eigenvalue weighted by Gasteiger charge is -2.16. The lowest BCUT2D eigenvalue weighted by Crippen LogP contribution is -2.33. The van der Waals surface area contributed by atoms with Crippen LogP contribution in [0.15, 0.2) is 43.2 Å². The summed E-state index contributed by atoms with van der Waals surface area (Å²) < 4.78 is 9.15. The van der Waals surface area contributed by atoms with E-state index in [2.05, 4.69) is 25.3 Å². The first-order valence-corrected chi connectivity index (χ1v) is 9.62. The first-order valence-electron chi connectivity index (χ1n) is 9.62. The van der Waals surface area contributed by atoms with Gasteiger partial charge in [-0.2, -0.15) is 0 Å². The Balaban J connectivity index is 1.35. The first-order chi connectivity index (χ1) is 14.7. The van der Waals surface area contributed by atoms with Crippen molar-refractivity contribution >= 4 is 22.6 Å². The number of hydrogen-bond donors (Lipinski definition) is 4. The van der Waals surface area contributed by atoms with Crippen molar-refractivity contribution < 1.29 is 20.1 Å². The molecule has 0 spiro atoms. The molecule has 1 aliphatic heterocycles. The number of aliphatic hydroxyl groups is 3. The van der Waals surface area contributed by atoms with Crippen molar-refractivity contribution in [2.75, 3.05) is 18.5 Å². The van der Waals surface area contributed by atoms with Gasteiger partial charge in [0.05, 0.1) is 12.9 Å². The number of aliphatic hydroxyl groups excluding tert-OH is 3. The van der Waals surface area contributed by atoms with Gasteiger partial charge in [-0.05, 0) is 12.1 Å². The van der Waals surface area contributed by atoms with Gasteiger partial charge in [-0.25, -0.2) is 19.9 Å². The van der Waals surface area contributed by atoms with E-state index in [-0.39, 0.29) is 0 Å². The molecule has 1 aliphatic rings. The summed E-state index contributed by atoms with van der Waals surface area (Å²) in [6.45, 7) is 0.210. The summed E-state index contributed by atoms with van der Waals surface area (Å²) in [6, 6.07) is 5.87. The number of pyridine rings is 1. The third kappa shape index (κ3) is 3.08. The molecule has 11 nitrogen and oxygen atoms in total. The highest BCUT2D eigenvalue weighted by Gasteiger charge is 2.44. The maximum atomic E-state index is 10.3. The minimum Gasteiger partial charge on any atom is -0.394 e. The summed E-state index contributed by atoms with van der Waals surface area (Å²) in [6.07, 6.45) is 3.27. The predicted octanol–water partition coefficient (Wildman–Crippen LogP) is -0.260. The number of nitrogens with one attached hydrogen (secondary N) is 1. The maximum absolute atomic E-state index is 10.3. The molecule has 0 aliphatic carbocycles. The van der Waals surface area contributed by atoms with E-state index in [9.17, 15) is 15.3 Å². The monoisotopic (exact) mass is 411 g/mol. The molecule has 2 unspecified atom stereocenters. The number of aromatic nitrogens is 6. The van der Waals surface area contributed by atoms with Crippen LogP contribution in [0.1, 0.15) is 11.9 Å². The zero-order chi connectivity index (χ0) is 20.7. The Morgan fingerprint density at radius 3 is 2.83 bits per heavy atom. The van der Waals surface area contributed by atoms with E-state index in [0.717, 1.165) is 17.8 Å². The molecule has 4 atom stereocenters. The number of nitrogens with zero attached hydrogens (tertiary/aromatic N) is 6. The van der Waals surface area contributed by atoms with E-state index in [1.165, 1.54) is 17.2 Å². The molecule has 1 fully saturated rings. The SMILES string of the molecule is OC[C@H]1O[C@@H](n2cnc3c(NCCc4cnc5ccccn45)ncnc32)C(O)C1O. The van der Waals surface area contributed by atoms with Gasteiger partial charge in [-0.15, -0.1) is 0 Å². The number of hydrogen-bond acceptors (Lipinski definition) is 9. The second-order valence-electron chi connectivity index (χ2n) is 7.13. The average molecular weight is 411 g/mol. The smallest absolute Gasteiger partial charge is 0.167 e. The molecule has 30 heavy (non-hydrogen) atoms. The molecule has 0 amide bonds. The Morgan fingerprint density at radius 1 is 1.10 bits per heavy atom. The van der Waals surface area contributed by atoms with E-state index >= 15 is 0 Å². The summed E-state index contributed by atoms with van der Waals surface area (Å²) in [4.78, 5) is 17.3. The van der Waals surface area contributed by atoms with E-state index in [1.807, 2.05) is 35.0 Å². The molecule has 1 saturated heterocycles. The van der Waals surface area contributed by atoms with Crippen molar-refractivity contribution in [2.45, 2.75) is 31.0 Å². The van der Waals surface area contributed by atoms with Crippen LogP contribution in [-0.2, 0) is 11.2 Å². The van der Waals surface area contributed by atoms with Crippen LogP contribution in [0, 0.1) is 0 Å². The molecule has 0 radical (unpaired) electrons. The summed E-state index contributed by atoms with van der Waals surface area (Å²) in [5, 5.41) is 32.9. The second-order valence-corrected chi connectivity index (χ2v) is 7.13. The van der Waals surface area contributed by atoms with Crippen LogP contribution in [0.25, 0.3) is 16.8 Å². The van der Waals surface area contributed by atoms with Crippen LogP contribution in [0.2, 0.25) is 0 Å². The van der Waals surface area contributed by atoms with Gasteiger partial charge >= 0.3 is 0 Å². The summed E-state index contributed by atoms with van der Waals surface area (Å²) in [7, 11) is 0. The third-order valence-electron chi connectivity index (χ3n) is 5.32. The fraction of sp³-hybridized carbons (Fsp3) is 0.368. The quantitative estimate of drug-likeness (QED) is 0.337. The van der Waals surface area contributed by atoms with Crippen molar-refractivity contribution in [2.24, 2.45) is 0 Å². The predicted molar refractivity (Wildman–Crippen MR) is 106 cm³/mol. The lowest BCUT2D eigenvalue weighted by atomic mass is 10.1. The van der Waals surface area contributed by atoms with E-state index in [4.69, 9.17) is 4.74 Å². The van der Waals surface area contributed by atoms with Crippen LogP contribution in [0.5, 0.6) is 0 Å². The number of fused-ring (bicyclic) bond motifs is 2. The van der Waals surface area contributed by atoms with Gasteiger partial charge in [0.15, 0.2) is 23.2 Å². The highest BCUT2D eigenvalue weighted by Crippen LogP contribution is 2.32. The molecule has 5 heterocycles. The number of rotatable bonds is 6. The Labute approximate surface area is 170 Å². The first kappa shape index (κ1) is 18.9. The van der Waals surface area contributed by atoms with Crippen LogP contribution in [-0.4, -0.2) is 75.7 Å². The zero-order valence-electron chi connectivity index (χ0n) is 15.9. The standard InChI is InChI=1S/C19H21N7O4/c27-8-12-15(28)16(29)19(30-12)26-10-24-14-17(22-9-23-18(14)26)20-5-4-11-7-21-13-3-1-2-6-25(11)13/h1-3,6-7,9-10,12,15-16,19,27-29H,4-5,8H2,(H,20,22,23)/t12-,15?,16?,19-/m1/s1. The molecular formula is C19H21N7O4. The van der Waals surface area contributed by atoms with Gasteiger partial charge in [-0.1, -0.05) is 6.07 Å². The Hall–Kier alpha value is -3.12. The third-order valence-corrected chi connectivity index (χ3v) is 5.32. The van der Waals surface area contributed by atoms with Crippen LogP contribution < -0.4 is 5.32 Å². The highest BCUT2D eigenvalue weighted by atomic mass is 16.6. The number of anilines is 1. The molecule has 0 saturated carbocycles. The molecule has 4 aromatic heterocycles. The van der Waals surface area contributed by atoms with Gasteiger partial charge < -0.3 is 29.8 Å². The molecule has 5 rings (SSSR count). The van der Waals surface area contributed by atoms with Gasteiger partial charge in [0.2, 0.25) is 0 Å². The lowest BCUT2D eigenvalue weighted by molar-refractivity contribution is -0.0511. The van der Waals surface area contributed by atoms with Crippen molar-refractivity contribution in [3.8, 4) is 0 Å². The molecule has 0 bridgehead atoms. The Morgan fingerprint density at radius 2 is 2.00 bits per heavy atom. The van der Waals surface area contributed by atoms with Crippen molar-refractivity contribution in [3.05, 3.63) is 48.9 Å². The second kappa shape index (κ2) is 7.61. The van der Waals surface area contributed by atoms with Crippen molar-refractivity contribution in [1.82, 2.24) is 28.9 Å². The van der Waals surface area contributed by atoms with E-state index < -0.39 is 31.1 Å². The van der Waals surface area contributed by atoms with Crippen LogP contribution in [0.3, 0.4) is 0 Å². The van der Waals surface area contributed by atoms with Crippen molar-refractivity contribution in [3.63, 3.8) is 0 Å². The summed E-state index contributed by atoms with van der Waals surface area (Å²) in [5.74, 6) is 0.555. The molecule has 0 aromatic carbocycles. The van der Waals surface area contributed by atoms with E-state index in [0.29, 0.717) is 23.5 Å². The zero-order valence-corrected chi connectivity index (χ0v) is 15.9. The van der Waals surface area contributed by atoms with E-state index in [1.54, 1.807) is 0 Å². The number of imidazole rings is 2. The Bertz CT molecular complexity index is 1180. The topological polar surface area (TPSA) is 143 Å². The average Bonchev–Trinajstić information content (AvgIpc) is 3.45. The number of ether oxygens (including phenoxy) is 1. The molecule has 156 valence electrons. The normalized spacial score (nSPS) is 24.1. The molecule has 11 heteroatoms. The summed E-state index contributed by atoms with van der Waals surface area (Å²) in [5.41, 5.74) is 2.94. The molecule has 4 N–H and O–H groups in total. The van der Waals surface area contributed by atoms with Crippen LogP contribution >= 0.6 is 0 Å². The fourth-order valence-corrected chi connectivity index (χ4v) is 3.76.